The number of hydrogen-bond donors (Lipinski definition) is 2. The second kappa shape index (κ2) is 5.71. The van der Waals surface area contributed by atoms with Gasteiger partial charge in [-0.25, -0.2) is 4.79 Å². The molecule has 0 atom stereocenters. The van der Waals surface area contributed by atoms with Crippen molar-refractivity contribution >= 4 is 33.3 Å². The molecular weight excluding hydrogens is 266 g/mol. The van der Waals surface area contributed by atoms with Crippen molar-refractivity contribution in [1.29, 1.82) is 0 Å². The highest BCUT2D eigenvalue weighted by Crippen LogP contribution is 2.29. The van der Waals surface area contributed by atoms with E-state index < -0.39 is 5.97 Å². The van der Waals surface area contributed by atoms with E-state index in [0.29, 0.717) is 23.8 Å². The SMILES string of the molecule is CC(=O)NCCOc1ccc2cc(C(=O)O)sc2c1. The number of amides is 1. The molecular formula is C13H13NO4S. The van der Waals surface area contributed by atoms with E-state index in [2.05, 4.69) is 5.32 Å². The minimum Gasteiger partial charge on any atom is -0.492 e. The number of fused-ring (bicyclic) bond motifs is 1. The van der Waals surface area contributed by atoms with E-state index in [-0.39, 0.29) is 5.91 Å². The molecule has 0 aliphatic heterocycles. The molecule has 1 aromatic carbocycles. The first-order chi connectivity index (χ1) is 9.06. The van der Waals surface area contributed by atoms with Crippen LogP contribution < -0.4 is 10.1 Å². The number of nitrogens with one attached hydrogen (secondary N) is 1. The number of ether oxygens (including phenoxy) is 1. The molecule has 0 radical (unpaired) electrons. The van der Waals surface area contributed by atoms with Gasteiger partial charge in [0.05, 0.1) is 6.54 Å². The Morgan fingerprint density at radius 2 is 2.16 bits per heavy atom. The molecule has 0 unspecified atom stereocenters. The Balaban J connectivity index is 2.04. The lowest BCUT2D eigenvalue weighted by atomic mass is 10.2. The van der Waals surface area contributed by atoms with Gasteiger partial charge in [0, 0.05) is 11.6 Å². The molecule has 100 valence electrons. The first-order valence-corrected chi connectivity index (χ1v) is 6.52. The van der Waals surface area contributed by atoms with Gasteiger partial charge in [-0.05, 0) is 29.7 Å². The Bertz CT molecular complexity index is 620. The summed E-state index contributed by atoms with van der Waals surface area (Å²) in [5, 5.41) is 12.4. The van der Waals surface area contributed by atoms with Crippen LogP contribution in [0.15, 0.2) is 24.3 Å². The topological polar surface area (TPSA) is 75.6 Å². The summed E-state index contributed by atoms with van der Waals surface area (Å²) in [6, 6.07) is 7.06. The minimum absolute atomic E-state index is 0.0941. The van der Waals surface area contributed by atoms with Crippen molar-refractivity contribution in [2.45, 2.75) is 6.92 Å². The number of benzene rings is 1. The molecule has 0 aliphatic carbocycles. The number of carboxylic acids is 1. The number of carbonyl (C=O) groups is 2. The molecule has 19 heavy (non-hydrogen) atoms. The summed E-state index contributed by atoms with van der Waals surface area (Å²) in [7, 11) is 0. The van der Waals surface area contributed by atoms with Crippen LogP contribution in [-0.4, -0.2) is 30.1 Å². The number of rotatable bonds is 5. The molecule has 1 heterocycles. The summed E-state index contributed by atoms with van der Waals surface area (Å²) >= 11 is 1.21. The van der Waals surface area contributed by atoms with E-state index in [0.717, 1.165) is 10.1 Å². The first kappa shape index (κ1) is 13.4. The Morgan fingerprint density at radius 1 is 1.37 bits per heavy atom. The Hall–Kier alpha value is -2.08. The Kier molecular flexibility index (Phi) is 4.01. The predicted molar refractivity (Wildman–Crippen MR) is 73.0 cm³/mol. The standard InChI is InChI=1S/C13H13NO4S/c1-8(15)14-4-5-18-10-3-2-9-6-12(13(16)17)19-11(9)7-10/h2-3,6-7H,4-5H2,1H3,(H,14,15)(H,16,17). The van der Waals surface area contributed by atoms with Gasteiger partial charge >= 0.3 is 5.97 Å². The van der Waals surface area contributed by atoms with Crippen molar-refractivity contribution in [3.8, 4) is 5.75 Å². The van der Waals surface area contributed by atoms with Crippen LogP contribution in [0, 0.1) is 0 Å². The van der Waals surface area contributed by atoms with Crippen LogP contribution in [0.3, 0.4) is 0 Å². The molecule has 0 fully saturated rings. The molecule has 0 spiro atoms. The zero-order valence-corrected chi connectivity index (χ0v) is 11.1. The zero-order chi connectivity index (χ0) is 13.8. The molecule has 2 N–H and O–H groups in total. The van der Waals surface area contributed by atoms with E-state index in [4.69, 9.17) is 9.84 Å². The third-order valence-electron chi connectivity index (χ3n) is 2.45. The van der Waals surface area contributed by atoms with E-state index in [9.17, 15) is 9.59 Å². The highest BCUT2D eigenvalue weighted by atomic mass is 32.1. The second-order valence-corrected chi connectivity index (χ2v) is 5.03. The van der Waals surface area contributed by atoms with Crippen LogP contribution >= 0.6 is 11.3 Å². The van der Waals surface area contributed by atoms with Crippen LogP contribution in [0.2, 0.25) is 0 Å². The van der Waals surface area contributed by atoms with Gasteiger partial charge < -0.3 is 15.2 Å². The lowest BCUT2D eigenvalue weighted by Gasteiger charge is -2.06. The van der Waals surface area contributed by atoms with Crippen molar-refractivity contribution in [3.05, 3.63) is 29.1 Å². The fraction of sp³-hybridized carbons (Fsp3) is 0.231. The summed E-state index contributed by atoms with van der Waals surface area (Å²) in [6.45, 7) is 2.27. The third-order valence-corrected chi connectivity index (χ3v) is 3.53. The van der Waals surface area contributed by atoms with Crippen LogP contribution in [0.5, 0.6) is 5.75 Å². The fourth-order valence-electron chi connectivity index (χ4n) is 1.60. The van der Waals surface area contributed by atoms with Crippen LogP contribution in [0.4, 0.5) is 0 Å². The molecule has 0 saturated carbocycles. The van der Waals surface area contributed by atoms with E-state index in [1.807, 2.05) is 6.07 Å². The summed E-state index contributed by atoms with van der Waals surface area (Å²) in [5.41, 5.74) is 0. The van der Waals surface area contributed by atoms with Gasteiger partial charge in [-0.3, -0.25) is 4.79 Å². The normalized spacial score (nSPS) is 10.4. The molecule has 0 aliphatic rings. The second-order valence-electron chi connectivity index (χ2n) is 3.95. The Labute approximate surface area is 113 Å². The Morgan fingerprint density at radius 3 is 2.84 bits per heavy atom. The lowest BCUT2D eigenvalue weighted by molar-refractivity contribution is -0.119. The molecule has 2 rings (SSSR count). The summed E-state index contributed by atoms with van der Waals surface area (Å²) in [5.74, 6) is -0.352. The highest BCUT2D eigenvalue weighted by Gasteiger charge is 2.08. The van der Waals surface area contributed by atoms with Crippen molar-refractivity contribution in [2.75, 3.05) is 13.2 Å². The van der Waals surface area contributed by atoms with Gasteiger partial charge in [-0.15, -0.1) is 11.3 Å². The first-order valence-electron chi connectivity index (χ1n) is 5.70. The maximum Gasteiger partial charge on any atom is 0.345 e. The maximum atomic E-state index is 10.9. The number of aromatic carboxylic acids is 1. The maximum absolute atomic E-state index is 10.9. The molecule has 0 bridgehead atoms. The van der Waals surface area contributed by atoms with Crippen molar-refractivity contribution in [3.63, 3.8) is 0 Å². The summed E-state index contributed by atoms with van der Waals surface area (Å²) < 4.78 is 6.35. The van der Waals surface area contributed by atoms with Gasteiger partial charge in [0.25, 0.3) is 0 Å². The lowest BCUT2D eigenvalue weighted by Crippen LogP contribution is -2.25. The average Bonchev–Trinajstić information content (AvgIpc) is 2.77. The number of thiophene rings is 1. The van der Waals surface area contributed by atoms with Crippen LogP contribution in [0.1, 0.15) is 16.6 Å². The molecule has 1 amide bonds. The minimum atomic E-state index is -0.922. The van der Waals surface area contributed by atoms with E-state index in [1.54, 1.807) is 18.2 Å². The van der Waals surface area contributed by atoms with Gasteiger partial charge in [0.1, 0.15) is 17.2 Å². The predicted octanol–water partition coefficient (Wildman–Crippen LogP) is 2.11. The smallest absolute Gasteiger partial charge is 0.345 e. The molecule has 0 saturated heterocycles. The van der Waals surface area contributed by atoms with Crippen molar-refractivity contribution in [1.82, 2.24) is 5.32 Å². The molecule has 1 aromatic heterocycles. The summed E-state index contributed by atoms with van der Waals surface area (Å²) in [4.78, 5) is 21.9. The zero-order valence-electron chi connectivity index (χ0n) is 10.3. The average molecular weight is 279 g/mol. The van der Waals surface area contributed by atoms with Gasteiger partial charge in [-0.2, -0.15) is 0 Å². The van der Waals surface area contributed by atoms with Crippen LogP contribution in [0.25, 0.3) is 10.1 Å². The molecule has 2 aromatic rings. The fourth-order valence-corrected chi connectivity index (χ4v) is 2.53. The highest BCUT2D eigenvalue weighted by molar-refractivity contribution is 7.20. The monoisotopic (exact) mass is 279 g/mol. The number of carboxylic acid groups (broad SMARTS) is 1. The van der Waals surface area contributed by atoms with Gasteiger partial charge in [-0.1, -0.05) is 0 Å². The number of carbonyl (C=O) groups excluding carboxylic acids is 1. The molecule has 6 heteroatoms. The van der Waals surface area contributed by atoms with Crippen LogP contribution in [-0.2, 0) is 4.79 Å². The quantitative estimate of drug-likeness (QED) is 0.822. The summed E-state index contributed by atoms with van der Waals surface area (Å²) in [6.07, 6.45) is 0. The van der Waals surface area contributed by atoms with Crippen molar-refractivity contribution in [2.24, 2.45) is 0 Å². The third kappa shape index (κ3) is 3.45. The van der Waals surface area contributed by atoms with Gasteiger partial charge in [0.15, 0.2) is 0 Å². The van der Waals surface area contributed by atoms with Crippen molar-refractivity contribution < 1.29 is 19.4 Å². The molecule has 5 nitrogen and oxygen atoms in total. The largest absolute Gasteiger partial charge is 0.492 e. The van der Waals surface area contributed by atoms with E-state index in [1.165, 1.54) is 18.3 Å². The number of hydrogen-bond acceptors (Lipinski definition) is 4. The van der Waals surface area contributed by atoms with Gasteiger partial charge in [0.2, 0.25) is 5.91 Å². The van der Waals surface area contributed by atoms with E-state index >= 15 is 0 Å².